The summed E-state index contributed by atoms with van der Waals surface area (Å²) in [5.41, 5.74) is 5.37. The van der Waals surface area contributed by atoms with E-state index < -0.39 is 36.6 Å². The molecule has 0 aromatic carbocycles. The van der Waals surface area contributed by atoms with Crippen LogP contribution in [0.25, 0.3) is 0 Å². The average molecular weight is 337 g/mol. The largest absolute Gasteiger partial charge is 0.406 e. The van der Waals surface area contributed by atoms with E-state index in [9.17, 15) is 22.8 Å². The van der Waals surface area contributed by atoms with Gasteiger partial charge in [0, 0.05) is 12.8 Å². The molecule has 0 saturated carbocycles. The predicted molar refractivity (Wildman–Crippen MR) is 77.2 cm³/mol. The summed E-state index contributed by atoms with van der Waals surface area (Å²) >= 11 is 0. The maximum absolute atomic E-state index is 12.5. The Kier molecular flexibility index (Phi) is 6.86. The lowest BCUT2D eigenvalue weighted by Crippen LogP contribution is -2.52. The highest BCUT2D eigenvalue weighted by Crippen LogP contribution is 2.24. The van der Waals surface area contributed by atoms with Gasteiger partial charge in [-0.2, -0.15) is 13.2 Å². The Balaban J connectivity index is 2.98. The molecular formula is C14H22F3N3O3. The fourth-order valence-corrected chi connectivity index (χ4v) is 2.45. The van der Waals surface area contributed by atoms with Crippen LogP contribution in [0.15, 0.2) is 12.3 Å². The molecule has 132 valence electrons. The van der Waals surface area contributed by atoms with E-state index in [-0.39, 0.29) is 12.5 Å². The SMILES string of the molecule is CCOC[C@@H](C(N)=O)C1NC(=O)N(CC(F)(F)F)C=CC1CC. The number of alkyl halides is 3. The number of urea groups is 1. The summed E-state index contributed by atoms with van der Waals surface area (Å²) in [7, 11) is 0. The second kappa shape index (κ2) is 8.19. The first kappa shape index (κ1) is 19.3. The number of halogens is 3. The van der Waals surface area contributed by atoms with Gasteiger partial charge >= 0.3 is 12.2 Å². The van der Waals surface area contributed by atoms with E-state index in [1.807, 2.05) is 6.92 Å². The molecule has 1 aliphatic heterocycles. The van der Waals surface area contributed by atoms with Gasteiger partial charge in [-0.3, -0.25) is 9.69 Å². The molecule has 0 fully saturated rings. The number of ether oxygens (including phenoxy) is 1. The normalized spacial score (nSPS) is 23.3. The molecule has 2 unspecified atom stereocenters. The molecule has 3 amide bonds. The highest BCUT2D eigenvalue weighted by Gasteiger charge is 2.38. The van der Waals surface area contributed by atoms with Gasteiger partial charge in [0.1, 0.15) is 6.54 Å². The summed E-state index contributed by atoms with van der Waals surface area (Å²) in [5, 5.41) is 2.49. The zero-order valence-corrected chi connectivity index (χ0v) is 13.1. The van der Waals surface area contributed by atoms with Crippen molar-refractivity contribution in [3.05, 3.63) is 12.3 Å². The van der Waals surface area contributed by atoms with E-state index in [4.69, 9.17) is 10.5 Å². The molecule has 3 N–H and O–H groups in total. The number of amides is 3. The van der Waals surface area contributed by atoms with Crippen LogP contribution in [0.5, 0.6) is 0 Å². The third-order valence-corrected chi connectivity index (χ3v) is 3.65. The van der Waals surface area contributed by atoms with Crippen LogP contribution in [0.4, 0.5) is 18.0 Å². The number of nitrogens with one attached hydrogen (secondary N) is 1. The van der Waals surface area contributed by atoms with Crippen LogP contribution in [0, 0.1) is 11.8 Å². The van der Waals surface area contributed by atoms with Gasteiger partial charge in [0.2, 0.25) is 5.91 Å². The molecule has 9 heteroatoms. The van der Waals surface area contributed by atoms with Crippen LogP contribution >= 0.6 is 0 Å². The Labute approximate surface area is 132 Å². The predicted octanol–water partition coefficient (Wildman–Crippen LogP) is 1.62. The molecule has 0 spiro atoms. The second-order valence-electron chi connectivity index (χ2n) is 5.30. The van der Waals surface area contributed by atoms with E-state index >= 15 is 0 Å². The molecule has 6 nitrogen and oxygen atoms in total. The molecule has 0 radical (unpaired) electrons. The van der Waals surface area contributed by atoms with E-state index in [1.54, 1.807) is 6.92 Å². The van der Waals surface area contributed by atoms with Crippen molar-refractivity contribution in [2.45, 2.75) is 32.5 Å². The fraction of sp³-hybridized carbons (Fsp3) is 0.714. The van der Waals surface area contributed by atoms with Crippen molar-refractivity contribution in [2.24, 2.45) is 17.6 Å². The lowest BCUT2D eigenvalue weighted by atomic mass is 9.86. The fourth-order valence-electron chi connectivity index (χ4n) is 2.45. The molecule has 1 heterocycles. The van der Waals surface area contributed by atoms with Gasteiger partial charge in [-0.25, -0.2) is 4.79 Å². The molecule has 3 atom stereocenters. The van der Waals surface area contributed by atoms with Crippen molar-refractivity contribution in [1.29, 1.82) is 0 Å². The minimum Gasteiger partial charge on any atom is -0.381 e. The Hall–Kier alpha value is -1.77. The Morgan fingerprint density at radius 1 is 1.48 bits per heavy atom. The number of hydrogen-bond acceptors (Lipinski definition) is 3. The number of nitrogens with zero attached hydrogens (tertiary/aromatic N) is 1. The van der Waals surface area contributed by atoms with Crippen molar-refractivity contribution in [3.8, 4) is 0 Å². The summed E-state index contributed by atoms with van der Waals surface area (Å²) in [6.45, 7) is 2.52. The molecule has 0 aromatic rings. The Bertz CT molecular complexity index is 454. The van der Waals surface area contributed by atoms with Crippen LogP contribution < -0.4 is 11.1 Å². The average Bonchev–Trinajstić information content (AvgIpc) is 2.58. The van der Waals surface area contributed by atoms with Gasteiger partial charge in [-0.1, -0.05) is 13.0 Å². The van der Waals surface area contributed by atoms with Crippen LogP contribution in [0.2, 0.25) is 0 Å². The zero-order chi connectivity index (χ0) is 17.6. The van der Waals surface area contributed by atoms with E-state index in [1.165, 1.54) is 6.08 Å². The first-order valence-electron chi connectivity index (χ1n) is 7.38. The van der Waals surface area contributed by atoms with Crippen LogP contribution in [0.1, 0.15) is 20.3 Å². The van der Waals surface area contributed by atoms with Crippen LogP contribution in [-0.2, 0) is 9.53 Å². The molecular weight excluding hydrogens is 315 g/mol. The van der Waals surface area contributed by atoms with Gasteiger partial charge in [0.15, 0.2) is 0 Å². The molecule has 0 aromatic heterocycles. The topological polar surface area (TPSA) is 84.7 Å². The minimum absolute atomic E-state index is 0.000388. The third-order valence-electron chi connectivity index (χ3n) is 3.65. The number of carbonyl (C=O) groups excluding carboxylic acids is 2. The van der Waals surface area contributed by atoms with Crippen LogP contribution in [0.3, 0.4) is 0 Å². The van der Waals surface area contributed by atoms with Gasteiger partial charge < -0.3 is 15.8 Å². The summed E-state index contributed by atoms with van der Waals surface area (Å²) in [5.74, 6) is -1.81. The first-order valence-corrected chi connectivity index (χ1v) is 7.38. The van der Waals surface area contributed by atoms with Crippen molar-refractivity contribution < 1.29 is 27.5 Å². The van der Waals surface area contributed by atoms with E-state index in [0.717, 1.165) is 6.20 Å². The summed E-state index contributed by atoms with van der Waals surface area (Å²) in [6.07, 6.45) is -1.39. The van der Waals surface area contributed by atoms with Crippen molar-refractivity contribution in [1.82, 2.24) is 10.2 Å². The summed E-state index contributed by atoms with van der Waals surface area (Å²) in [6, 6.07) is -1.63. The highest BCUT2D eigenvalue weighted by molar-refractivity contribution is 5.81. The standard InChI is InChI=1S/C14H22F3N3O3/c1-3-9-5-6-20(8-14(15,16)17)13(22)19-11(9)10(12(18)21)7-23-4-2/h5-6,9-11H,3-4,7-8H2,1-2H3,(H2,18,21)(H,19,22)/t9?,10-,11?/m1/s1. The molecule has 23 heavy (non-hydrogen) atoms. The van der Waals surface area contributed by atoms with E-state index in [0.29, 0.717) is 17.9 Å². The first-order chi connectivity index (χ1) is 10.7. The molecule has 0 aliphatic carbocycles. The highest BCUT2D eigenvalue weighted by atomic mass is 19.4. The Morgan fingerprint density at radius 3 is 2.61 bits per heavy atom. The molecule has 0 saturated heterocycles. The van der Waals surface area contributed by atoms with Crippen molar-refractivity contribution in [3.63, 3.8) is 0 Å². The van der Waals surface area contributed by atoms with Gasteiger partial charge in [-0.05, 0) is 19.3 Å². The van der Waals surface area contributed by atoms with Crippen molar-refractivity contribution in [2.75, 3.05) is 19.8 Å². The minimum atomic E-state index is -4.52. The molecule has 0 bridgehead atoms. The summed E-state index contributed by atoms with van der Waals surface area (Å²) < 4.78 is 42.8. The number of nitrogens with two attached hydrogens (primary N) is 1. The lowest BCUT2D eigenvalue weighted by Gasteiger charge is -2.30. The monoisotopic (exact) mass is 337 g/mol. The smallest absolute Gasteiger partial charge is 0.381 e. The third kappa shape index (κ3) is 5.74. The lowest BCUT2D eigenvalue weighted by molar-refractivity contribution is -0.135. The maximum Gasteiger partial charge on any atom is 0.406 e. The Morgan fingerprint density at radius 2 is 2.13 bits per heavy atom. The van der Waals surface area contributed by atoms with Gasteiger partial charge in [0.05, 0.1) is 18.6 Å². The van der Waals surface area contributed by atoms with Gasteiger partial charge in [-0.15, -0.1) is 0 Å². The zero-order valence-electron chi connectivity index (χ0n) is 13.1. The van der Waals surface area contributed by atoms with Crippen LogP contribution in [-0.4, -0.2) is 48.8 Å². The number of carbonyl (C=O) groups is 2. The van der Waals surface area contributed by atoms with Crippen molar-refractivity contribution >= 4 is 11.9 Å². The molecule has 1 rings (SSSR count). The number of hydrogen-bond donors (Lipinski definition) is 2. The van der Waals surface area contributed by atoms with E-state index in [2.05, 4.69) is 5.32 Å². The second-order valence-corrected chi connectivity index (χ2v) is 5.30. The number of primary amides is 1. The van der Waals surface area contributed by atoms with Gasteiger partial charge in [0.25, 0.3) is 0 Å². The summed E-state index contributed by atoms with van der Waals surface area (Å²) in [4.78, 5) is 24.2. The molecule has 1 aliphatic rings. The number of rotatable bonds is 7. The maximum atomic E-state index is 12.5. The quantitative estimate of drug-likeness (QED) is 0.740.